The zero-order valence-electron chi connectivity index (χ0n) is 5.68. The largest absolute Gasteiger partial charge is 0.278 e. The summed E-state index contributed by atoms with van der Waals surface area (Å²) in [6, 6.07) is -0.0772. The van der Waals surface area contributed by atoms with Gasteiger partial charge in [0.05, 0.1) is 5.70 Å². The number of alkyl halides is 1. The summed E-state index contributed by atoms with van der Waals surface area (Å²) in [7, 11) is 0. The van der Waals surface area contributed by atoms with E-state index in [0.29, 0.717) is 0 Å². The van der Waals surface area contributed by atoms with Gasteiger partial charge in [-0.3, -0.25) is 15.0 Å². The molecule has 2 aliphatic rings. The Morgan fingerprint density at radius 2 is 2.09 bits per heavy atom. The van der Waals surface area contributed by atoms with Crippen molar-refractivity contribution in [3.63, 3.8) is 0 Å². The van der Waals surface area contributed by atoms with Crippen LogP contribution in [0.5, 0.6) is 0 Å². The van der Waals surface area contributed by atoms with Crippen LogP contribution < -0.4 is 0 Å². The monoisotopic (exact) mass is 167 g/mol. The van der Waals surface area contributed by atoms with E-state index >= 15 is 0 Å². The second-order valence-electron chi connectivity index (χ2n) is 2.28. The Morgan fingerprint density at radius 3 is 2.91 bits per heavy atom. The third-order valence-electron chi connectivity index (χ3n) is 1.57. The first-order valence-electron chi connectivity index (χ1n) is 3.31. The molecular formula is C7H6ClN3. The van der Waals surface area contributed by atoms with E-state index in [1.165, 1.54) is 0 Å². The van der Waals surface area contributed by atoms with Gasteiger partial charge in [0, 0.05) is 18.6 Å². The fourth-order valence-corrected chi connectivity index (χ4v) is 1.30. The number of rotatable bonds is 0. The first-order chi connectivity index (χ1) is 5.38. The Kier molecular flexibility index (Phi) is 1.58. The maximum absolute atomic E-state index is 5.86. The van der Waals surface area contributed by atoms with Gasteiger partial charge in [0.15, 0.2) is 5.50 Å². The van der Waals surface area contributed by atoms with Crippen molar-refractivity contribution in [1.29, 1.82) is 0 Å². The van der Waals surface area contributed by atoms with Gasteiger partial charge in [-0.05, 0) is 6.08 Å². The molecule has 56 valence electrons. The van der Waals surface area contributed by atoms with Crippen molar-refractivity contribution in [3.05, 3.63) is 11.8 Å². The molecule has 2 atom stereocenters. The molecule has 11 heavy (non-hydrogen) atoms. The quantitative estimate of drug-likeness (QED) is 0.382. The molecule has 0 spiro atoms. The highest BCUT2D eigenvalue weighted by Crippen LogP contribution is 2.21. The predicted octanol–water partition coefficient (Wildman–Crippen LogP) is 1.04. The molecule has 0 saturated heterocycles. The second kappa shape index (κ2) is 2.58. The Balaban J connectivity index is 2.35. The van der Waals surface area contributed by atoms with Crippen molar-refractivity contribution in [2.75, 3.05) is 0 Å². The maximum atomic E-state index is 5.86. The van der Waals surface area contributed by atoms with Gasteiger partial charge in [0.1, 0.15) is 6.04 Å². The average molecular weight is 168 g/mol. The summed E-state index contributed by atoms with van der Waals surface area (Å²) in [5, 5.41) is 0. The molecule has 2 unspecified atom stereocenters. The van der Waals surface area contributed by atoms with Crippen molar-refractivity contribution in [3.8, 4) is 0 Å². The summed E-state index contributed by atoms with van der Waals surface area (Å²) in [6.07, 6.45) is 6.81. The number of hydrogen-bond donors (Lipinski definition) is 0. The van der Waals surface area contributed by atoms with Gasteiger partial charge in [0.25, 0.3) is 0 Å². The first kappa shape index (κ1) is 6.73. The van der Waals surface area contributed by atoms with E-state index in [1.54, 1.807) is 18.6 Å². The SMILES string of the molecule is ClC1N=CC=C2N=CC=NC21. The van der Waals surface area contributed by atoms with Crippen LogP contribution in [0.15, 0.2) is 26.8 Å². The van der Waals surface area contributed by atoms with E-state index in [9.17, 15) is 0 Å². The number of allylic oxidation sites excluding steroid dienone is 1. The van der Waals surface area contributed by atoms with Crippen LogP contribution in [0.2, 0.25) is 0 Å². The van der Waals surface area contributed by atoms with Crippen molar-refractivity contribution >= 4 is 30.2 Å². The average Bonchev–Trinajstić information content (AvgIpc) is 2.06. The van der Waals surface area contributed by atoms with Crippen LogP contribution in [-0.2, 0) is 0 Å². The standard InChI is InChI=1S/C7H6ClN3/c8-7-6-5(1-2-11-7)9-3-4-10-6/h1-4,6-7H. The molecular weight excluding hydrogens is 162 g/mol. The zero-order valence-corrected chi connectivity index (χ0v) is 6.44. The lowest BCUT2D eigenvalue weighted by atomic mass is 10.1. The summed E-state index contributed by atoms with van der Waals surface area (Å²) < 4.78 is 0. The number of nitrogens with zero attached hydrogens (tertiary/aromatic N) is 3. The van der Waals surface area contributed by atoms with Gasteiger partial charge >= 0.3 is 0 Å². The smallest absolute Gasteiger partial charge is 0.151 e. The normalized spacial score (nSPS) is 33.4. The molecule has 2 rings (SSSR count). The number of halogens is 1. The molecule has 0 bridgehead atoms. The van der Waals surface area contributed by atoms with E-state index in [2.05, 4.69) is 15.0 Å². The number of dihydropyridines is 1. The third-order valence-corrected chi connectivity index (χ3v) is 1.93. The van der Waals surface area contributed by atoms with Crippen LogP contribution >= 0.6 is 11.6 Å². The first-order valence-corrected chi connectivity index (χ1v) is 3.75. The van der Waals surface area contributed by atoms with Crippen molar-refractivity contribution < 1.29 is 0 Å². The van der Waals surface area contributed by atoms with E-state index in [-0.39, 0.29) is 11.5 Å². The summed E-state index contributed by atoms with van der Waals surface area (Å²) in [4.78, 5) is 12.2. The van der Waals surface area contributed by atoms with Gasteiger partial charge in [-0.1, -0.05) is 11.6 Å². The molecule has 0 aliphatic carbocycles. The third kappa shape index (κ3) is 1.12. The minimum Gasteiger partial charge on any atom is -0.278 e. The van der Waals surface area contributed by atoms with Crippen LogP contribution in [0.1, 0.15) is 0 Å². The van der Waals surface area contributed by atoms with Gasteiger partial charge < -0.3 is 0 Å². The van der Waals surface area contributed by atoms with Crippen LogP contribution in [0.4, 0.5) is 0 Å². The lowest BCUT2D eigenvalue weighted by Crippen LogP contribution is -2.24. The Labute approximate surface area is 69.2 Å². The topological polar surface area (TPSA) is 37.1 Å². The molecule has 0 amide bonds. The zero-order chi connectivity index (χ0) is 7.68. The van der Waals surface area contributed by atoms with Gasteiger partial charge in [-0.25, -0.2) is 0 Å². The van der Waals surface area contributed by atoms with E-state index in [4.69, 9.17) is 11.6 Å². The highest BCUT2D eigenvalue weighted by molar-refractivity contribution is 6.23. The van der Waals surface area contributed by atoms with Crippen LogP contribution in [0.25, 0.3) is 0 Å². The number of aliphatic imine (C=N–C) groups is 3. The fraction of sp³-hybridized carbons (Fsp3) is 0.286. The number of hydrogen-bond acceptors (Lipinski definition) is 3. The molecule has 0 saturated carbocycles. The Morgan fingerprint density at radius 1 is 1.18 bits per heavy atom. The molecule has 4 heteroatoms. The molecule has 0 aromatic heterocycles. The lowest BCUT2D eigenvalue weighted by Gasteiger charge is -2.19. The molecule has 2 aliphatic heterocycles. The maximum Gasteiger partial charge on any atom is 0.151 e. The molecule has 0 radical (unpaired) electrons. The van der Waals surface area contributed by atoms with Gasteiger partial charge in [-0.2, -0.15) is 0 Å². The second-order valence-corrected chi connectivity index (χ2v) is 2.73. The molecule has 0 aromatic rings. The summed E-state index contributed by atoms with van der Waals surface area (Å²) in [5.74, 6) is 0. The molecule has 0 fully saturated rings. The highest BCUT2D eigenvalue weighted by Gasteiger charge is 2.24. The Bertz CT molecular complexity index is 277. The molecule has 0 aromatic carbocycles. The van der Waals surface area contributed by atoms with Crippen molar-refractivity contribution in [2.24, 2.45) is 15.0 Å². The molecule has 2 heterocycles. The summed E-state index contributed by atoms with van der Waals surface area (Å²) >= 11 is 5.86. The number of fused-ring (bicyclic) bond motifs is 1. The lowest BCUT2D eigenvalue weighted by molar-refractivity contribution is 0.717. The molecule has 3 nitrogen and oxygen atoms in total. The Hall–Kier alpha value is -0.960. The van der Waals surface area contributed by atoms with Crippen LogP contribution in [0.3, 0.4) is 0 Å². The van der Waals surface area contributed by atoms with E-state index in [0.717, 1.165) is 5.70 Å². The van der Waals surface area contributed by atoms with Crippen molar-refractivity contribution in [2.45, 2.75) is 11.5 Å². The van der Waals surface area contributed by atoms with E-state index in [1.807, 2.05) is 6.08 Å². The highest BCUT2D eigenvalue weighted by atomic mass is 35.5. The summed E-state index contributed by atoms with van der Waals surface area (Å²) in [5.41, 5.74) is 0.603. The predicted molar refractivity (Wildman–Crippen MR) is 47.0 cm³/mol. The van der Waals surface area contributed by atoms with Crippen LogP contribution in [0, 0.1) is 0 Å². The van der Waals surface area contributed by atoms with Crippen molar-refractivity contribution in [1.82, 2.24) is 0 Å². The van der Waals surface area contributed by atoms with Gasteiger partial charge in [-0.15, -0.1) is 0 Å². The summed E-state index contributed by atoms with van der Waals surface area (Å²) in [6.45, 7) is 0. The van der Waals surface area contributed by atoms with Crippen LogP contribution in [-0.4, -0.2) is 30.2 Å². The molecule has 0 N–H and O–H groups in total. The van der Waals surface area contributed by atoms with E-state index < -0.39 is 0 Å². The minimum atomic E-state index is -0.288. The van der Waals surface area contributed by atoms with Gasteiger partial charge in [0.2, 0.25) is 0 Å². The fourth-order valence-electron chi connectivity index (χ4n) is 1.04. The minimum absolute atomic E-state index is 0.0772.